The Morgan fingerprint density at radius 3 is 2.72 bits per heavy atom. The van der Waals surface area contributed by atoms with Crippen LogP contribution >= 0.6 is 0 Å². The molecular weight excluding hydrogens is 342 g/mol. The van der Waals surface area contributed by atoms with Gasteiger partial charge in [0.15, 0.2) is 0 Å². The Balaban J connectivity index is 1.96. The van der Waals surface area contributed by atoms with E-state index in [-0.39, 0.29) is 10.8 Å². The number of aromatic nitrogens is 2. The summed E-state index contributed by atoms with van der Waals surface area (Å²) in [6.07, 6.45) is 5.68. The molecule has 1 N–H and O–H groups in total. The van der Waals surface area contributed by atoms with Gasteiger partial charge in [0, 0.05) is 12.5 Å². The summed E-state index contributed by atoms with van der Waals surface area (Å²) in [7, 11) is -2.04. The first-order valence-corrected chi connectivity index (χ1v) is 10.0. The molecule has 7 nitrogen and oxygen atoms in total. The molecule has 0 atom stereocenters. The third-order valence-corrected chi connectivity index (χ3v) is 6.00. The molecule has 3 rings (SSSR count). The molecule has 136 valence electrons. The summed E-state index contributed by atoms with van der Waals surface area (Å²) in [5.41, 5.74) is 0.507. The van der Waals surface area contributed by atoms with Crippen molar-refractivity contribution < 1.29 is 17.7 Å². The highest BCUT2D eigenvalue weighted by Gasteiger charge is 2.24. The lowest BCUT2D eigenvalue weighted by Crippen LogP contribution is -2.23. The van der Waals surface area contributed by atoms with Gasteiger partial charge in [-0.2, -0.15) is 4.98 Å². The van der Waals surface area contributed by atoms with Gasteiger partial charge in [-0.3, -0.25) is 0 Å². The molecule has 1 aromatic heterocycles. The Morgan fingerprint density at radius 2 is 2.04 bits per heavy atom. The lowest BCUT2D eigenvalue weighted by Gasteiger charge is -2.17. The van der Waals surface area contributed by atoms with Crippen LogP contribution in [0.2, 0.25) is 0 Å². The molecule has 25 heavy (non-hydrogen) atoms. The van der Waals surface area contributed by atoms with E-state index >= 15 is 0 Å². The number of ether oxygens (including phenoxy) is 1. The standard InChI is InChI=1S/C17H23N3O4S/c1-3-18-25(21,22)13-9-10-15(23-2)14(11-13)16-19-17(24-20-16)12-7-5-4-6-8-12/h9-12,18H,3-8H2,1-2H3. The minimum Gasteiger partial charge on any atom is -0.496 e. The van der Waals surface area contributed by atoms with Crippen LogP contribution in [0, 0.1) is 0 Å². The number of nitrogens with zero attached hydrogens (tertiary/aromatic N) is 2. The second kappa shape index (κ2) is 7.53. The van der Waals surface area contributed by atoms with Gasteiger partial charge in [-0.15, -0.1) is 0 Å². The first kappa shape index (κ1) is 17.9. The van der Waals surface area contributed by atoms with E-state index in [0.717, 1.165) is 12.8 Å². The Bertz CT molecular complexity index is 826. The average Bonchev–Trinajstić information content (AvgIpc) is 3.12. The van der Waals surface area contributed by atoms with Crippen LogP contribution in [0.4, 0.5) is 0 Å². The van der Waals surface area contributed by atoms with Crippen molar-refractivity contribution in [3.8, 4) is 17.1 Å². The molecule has 0 bridgehead atoms. The van der Waals surface area contributed by atoms with Gasteiger partial charge in [0.2, 0.25) is 21.7 Å². The monoisotopic (exact) mass is 365 g/mol. The first-order chi connectivity index (χ1) is 12.0. The molecule has 0 unspecified atom stereocenters. The molecule has 0 spiro atoms. The third kappa shape index (κ3) is 3.85. The highest BCUT2D eigenvalue weighted by molar-refractivity contribution is 7.89. The molecule has 1 aromatic carbocycles. The van der Waals surface area contributed by atoms with Crippen molar-refractivity contribution in [2.24, 2.45) is 0 Å². The van der Waals surface area contributed by atoms with E-state index in [9.17, 15) is 8.42 Å². The van der Waals surface area contributed by atoms with Crippen molar-refractivity contribution in [1.82, 2.24) is 14.9 Å². The molecule has 1 aliphatic carbocycles. The van der Waals surface area contributed by atoms with Crippen LogP contribution in [0.3, 0.4) is 0 Å². The molecule has 2 aromatic rings. The summed E-state index contributed by atoms with van der Waals surface area (Å²) in [5, 5.41) is 4.06. The van der Waals surface area contributed by atoms with E-state index in [4.69, 9.17) is 9.26 Å². The summed E-state index contributed by atoms with van der Waals surface area (Å²) in [5.74, 6) is 1.77. The molecule has 1 heterocycles. The number of benzene rings is 1. The zero-order chi connectivity index (χ0) is 17.9. The predicted octanol–water partition coefficient (Wildman–Crippen LogP) is 3.09. The van der Waals surface area contributed by atoms with Gasteiger partial charge < -0.3 is 9.26 Å². The third-order valence-electron chi connectivity index (χ3n) is 4.45. The van der Waals surface area contributed by atoms with Crippen LogP contribution in [0.1, 0.15) is 50.8 Å². The minimum absolute atomic E-state index is 0.147. The largest absolute Gasteiger partial charge is 0.496 e. The van der Waals surface area contributed by atoms with E-state index < -0.39 is 10.0 Å². The van der Waals surface area contributed by atoms with Crippen LogP contribution in [0.15, 0.2) is 27.6 Å². The first-order valence-electron chi connectivity index (χ1n) is 8.57. The van der Waals surface area contributed by atoms with Crippen molar-refractivity contribution >= 4 is 10.0 Å². The van der Waals surface area contributed by atoms with Crippen molar-refractivity contribution in [3.63, 3.8) is 0 Å². The van der Waals surface area contributed by atoms with E-state index in [1.807, 2.05) is 0 Å². The lowest BCUT2D eigenvalue weighted by atomic mass is 9.89. The Kier molecular flexibility index (Phi) is 5.39. The molecule has 1 aliphatic rings. The van der Waals surface area contributed by atoms with E-state index in [0.29, 0.717) is 29.6 Å². The number of methoxy groups -OCH3 is 1. The van der Waals surface area contributed by atoms with Crippen LogP contribution in [-0.4, -0.2) is 32.2 Å². The zero-order valence-electron chi connectivity index (χ0n) is 14.5. The molecule has 0 saturated heterocycles. The van der Waals surface area contributed by atoms with Crippen molar-refractivity contribution in [3.05, 3.63) is 24.1 Å². The molecule has 0 radical (unpaired) electrons. The number of sulfonamides is 1. The van der Waals surface area contributed by atoms with Gasteiger partial charge in [0.1, 0.15) is 5.75 Å². The SMILES string of the molecule is CCNS(=O)(=O)c1ccc(OC)c(-c2noc(C3CCCCC3)n2)c1. The lowest BCUT2D eigenvalue weighted by molar-refractivity contribution is 0.314. The second-order valence-corrected chi connectivity index (χ2v) is 7.92. The summed E-state index contributed by atoms with van der Waals surface area (Å²) in [6, 6.07) is 4.63. The molecule has 0 amide bonds. The van der Waals surface area contributed by atoms with E-state index in [1.165, 1.54) is 38.5 Å². The number of nitrogens with one attached hydrogen (secondary N) is 1. The fourth-order valence-electron chi connectivity index (χ4n) is 3.16. The minimum atomic E-state index is -3.57. The smallest absolute Gasteiger partial charge is 0.240 e. The normalized spacial score (nSPS) is 16.1. The summed E-state index contributed by atoms with van der Waals surface area (Å²) in [6.45, 7) is 2.05. The Labute approximate surface area is 147 Å². The zero-order valence-corrected chi connectivity index (χ0v) is 15.3. The molecular formula is C17H23N3O4S. The summed E-state index contributed by atoms with van der Waals surface area (Å²) in [4.78, 5) is 4.66. The fraction of sp³-hybridized carbons (Fsp3) is 0.529. The molecule has 0 aliphatic heterocycles. The Hall–Kier alpha value is -1.93. The van der Waals surface area contributed by atoms with Crippen molar-refractivity contribution in [2.75, 3.05) is 13.7 Å². The number of rotatable bonds is 6. The maximum absolute atomic E-state index is 12.3. The maximum atomic E-state index is 12.3. The molecule has 1 fully saturated rings. The van der Waals surface area contributed by atoms with E-state index in [2.05, 4.69) is 14.9 Å². The summed E-state index contributed by atoms with van der Waals surface area (Å²) < 4.78 is 37.8. The molecule has 1 saturated carbocycles. The van der Waals surface area contributed by atoms with Crippen molar-refractivity contribution in [1.29, 1.82) is 0 Å². The quantitative estimate of drug-likeness (QED) is 0.845. The summed E-state index contributed by atoms with van der Waals surface area (Å²) >= 11 is 0. The van der Waals surface area contributed by atoms with Gasteiger partial charge in [0.05, 0.1) is 17.6 Å². The van der Waals surface area contributed by atoms with Crippen LogP contribution in [0.25, 0.3) is 11.4 Å². The molecule has 8 heteroatoms. The maximum Gasteiger partial charge on any atom is 0.240 e. The van der Waals surface area contributed by atoms with Gasteiger partial charge in [-0.25, -0.2) is 13.1 Å². The topological polar surface area (TPSA) is 94.3 Å². The second-order valence-electron chi connectivity index (χ2n) is 6.15. The van der Waals surface area contributed by atoms with Crippen LogP contribution < -0.4 is 9.46 Å². The Morgan fingerprint density at radius 1 is 1.28 bits per heavy atom. The van der Waals surface area contributed by atoms with Crippen LogP contribution in [-0.2, 0) is 10.0 Å². The van der Waals surface area contributed by atoms with E-state index in [1.54, 1.807) is 13.0 Å². The number of hydrogen-bond acceptors (Lipinski definition) is 6. The predicted molar refractivity (Wildman–Crippen MR) is 93.0 cm³/mol. The highest BCUT2D eigenvalue weighted by atomic mass is 32.2. The van der Waals surface area contributed by atoms with Gasteiger partial charge in [-0.05, 0) is 31.0 Å². The van der Waals surface area contributed by atoms with Crippen molar-refractivity contribution in [2.45, 2.75) is 49.8 Å². The fourth-order valence-corrected chi connectivity index (χ4v) is 4.23. The highest BCUT2D eigenvalue weighted by Crippen LogP contribution is 2.35. The number of hydrogen-bond donors (Lipinski definition) is 1. The van der Waals surface area contributed by atoms with Crippen LogP contribution in [0.5, 0.6) is 5.75 Å². The van der Waals surface area contributed by atoms with Gasteiger partial charge in [-0.1, -0.05) is 31.3 Å². The van der Waals surface area contributed by atoms with Gasteiger partial charge in [0.25, 0.3) is 0 Å². The average molecular weight is 365 g/mol. The van der Waals surface area contributed by atoms with Gasteiger partial charge >= 0.3 is 0 Å².